The maximum absolute atomic E-state index is 6.04. The Hall–Kier alpha value is -1.32. The second kappa shape index (κ2) is 6.22. The molecule has 4 heteroatoms. The molecule has 0 spiro atoms. The van der Waals surface area contributed by atoms with Crippen LogP contribution in [0.3, 0.4) is 0 Å². The minimum atomic E-state index is 0.247. The van der Waals surface area contributed by atoms with Crippen LogP contribution in [-0.2, 0) is 19.9 Å². The van der Waals surface area contributed by atoms with Gasteiger partial charge < -0.3 is 5.32 Å². The molecule has 0 aliphatic carbocycles. The molecule has 102 valence electrons. The highest BCUT2D eigenvalue weighted by Crippen LogP contribution is 2.20. The number of hydrogen-bond donors (Lipinski definition) is 1. The van der Waals surface area contributed by atoms with Crippen molar-refractivity contribution in [3.05, 3.63) is 52.3 Å². The lowest BCUT2D eigenvalue weighted by molar-refractivity contribution is 0.537. The van der Waals surface area contributed by atoms with Gasteiger partial charge in [-0.1, -0.05) is 30.7 Å². The van der Waals surface area contributed by atoms with E-state index in [0.29, 0.717) is 0 Å². The molecule has 0 aliphatic rings. The maximum Gasteiger partial charge on any atom is 0.0625 e. The lowest BCUT2D eigenvalue weighted by Gasteiger charge is -2.16. The highest BCUT2D eigenvalue weighted by atomic mass is 35.5. The molecule has 0 saturated heterocycles. The Bertz CT molecular complexity index is 548. The van der Waals surface area contributed by atoms with Crippen LogP contribution in [0, 0.1) is 0 Å². The summed E-state index contributed by atoms with van der Waals surface area (Å²) in [5.41, 5.74) is 3.56. The fourth-order valence-electron chi connectivity index (χ4n) is 2.30. The summed E-state index contributed by atoms with van der Waals surface area (Å²) in [5.74, 6) is 0. The molecule has 0 bridgehead atoms. The van der Waals surface area contributed by atoms with Crippen molar-refractivity contribution in [2.45, 2.75) is 25.8 Å². The molecule has 0 aliphatic heterocycles. The number of nitrogens with zero attached hydrogens (tertiary/aromatic N) is 2. The zero-order valence-corrected chi connectivity index (χ0v) is 12.4. The van der Waals surface area contributed by atoms with Crippen molar-refractivity contribution in [3.8, 4) is 0 Å². The van der Waals surface area contributed by atoms with E-state index in [4.69, 9.17) is 11.6 Å². The average Bonchev–Trinajstić information content (AvgIpc) is 2.77. The van der Waals surface area contributed by atoms with Gasteiger partial charge in [0.15, 0.2) is 0 Å². The van der Waals surface area contributed by atoms with Crippen LogP contribution >= 0.6 is 11.6 Å². The average molecular weight is 278 g/mol. The van der Waals surface area contributed by atoms with Gasteiger partial charge in [0.25, 0.3) is 0 Å². The highest BCUT2D eigenvalue weighted by molar-refractivity contribution is 6.30. The van der Waals surface area contributed by atoms with Crippen molar-refractivity contribution in [2.75, 3.05) is 7.05 Å². The monoisotopic (exact) mass is 277 g/mol. The van der Waals surface area contributed by atoms with Crippen LogP contribution in [0.2, 0.25) is 5.02 Å². The summed E-state index contributed by atoms with van der Waals surface area (Å²) in [6, 6.07) is 10.4. The van der Waals surface area contributed by atoms with Crippen molar-refractivity contribution in [3.63, 3.8) is 0 Å². The van der Waals surface area contributed by atoms with E-state index < -0.39 is 0 Å². The molecule has 1 atom stereocenters. The largest absolute Gasteiger partial charge is 0.311 e. The van der Waals surface area contributed by atoms with E-state index in [-0.39, 0.29) is 6.04 Å². The Morgan fingerprint density at radius 3 is 2.74 bits per heavy atom. The van der Waals surface area contributed by atoms with Crippen LogP contribution in [0.5, 0.6) is 0 Å². The second-order valence-electron chi connectivity index (χ2n) is 4.71. The number of likely N-dealkylation sites (N-methyl/N-ethyl adjacent to an activating group) is 1. The molecule has 0 saturated carbocycles. The Kier molecular flexibility index (Phi) is 4.61. The van der Waals surface area contributed by atoms with Gasteiger partial charge in [-0.3, -0.25) is 4.68 Å². The van der Waals surface area contributed by atoms with Gasteiger partial charge in [0.1, 0.15) is 0 Å². The Labute approximate surface area is 119 Å². The van der Waals surface area contributed by atoms with Crippen LogP contribution in [0.15, 0.2) is 30.3 Å². The predicted molar refractivity (Wildman–Crippen MR) is 79.5 cm³/mol. The summed E-state index contributed by atoms with van der Waals surface area (Å²) in [7, 11) is 3.98. The van der Waals surface area contributed by atoms with Crippen LogP contribution in [0.25, 0.3) is 0 Å². The molecule has 1 unspecified atom stereocenters. The van der Waals surface area contributed by atoms with E-state index in [2.05, 4.69) is 29.5 Å². The standard InChI is InChI=1S/C15H20ClN3/c1-4-13-10-15(19(3)18-13)14(17-2)9-11-6-5-7-12(16)8-11/h5-8,10,14,17H,4,9H2,1-3H3. The van der Waals surface area contributed by atoms with Gasteiger partial charge in [-0.25, -0.2) is 0 Å². The van der Waals surface area contributed by atoms with Crippen LogP contribution in [0.1, 0.15) is 29.9 Å². The first-order valence-corrected chi connectivity index (χ1v) is 6.96. The number of halogens is 1. The Morgan fingerprint density at radius 1 is 1.37 bits per heavy atom. The summed E-state index contributed by atoms with van der Waals surface area (Å²) in [5, 5.41) is 8.65. The van der Waals surface area contributed by atoms with Gasteiger partial charge in [-0.2, -0.15) is 5.10 Å². The lowest BCUT2D eigenvalue weighted by atomic mass is 10.0. The van der Waals surface area contributed by atoms with E-state index in [1.165, 1.54) is 11.3 Å². The van der Waals surface area contributed by atoms with Crippen LogP contribution in [0.4, 0.5) is 0 Å². The van der Waals surface area contributed by atoms with Gasteiger partial charge in [-0.05, 0) is 43.7 Å². The van der Waals surface area contributed by atoms with Gasteiger partial charge in [0.2, 0.25) is 0 Å². The highest BCUT2D eigenvalue weighted by Gasteiger charge is 2.15. The predicted octanol–water partition coefficient (Wildman–Crippen LogP) is 3.14. The van der Waals surface area contributed by atoms with Crippen molar-refractivity contribution in [1.82, 2.24) is 15.1 Å². The van der Waals surface area contributed by atoms with Gasteiger partial charge >= 0.3 is 0 Å². The summed E-state index contributed by atoms with van der Waals surface area (Å²) >= 11 is 6.04. The Morgan fingerprint density at radius 2 is 2.16 bits per heavy atom. The second-order valence-corrected chi connectivity index (χ2v) is 5.15. The number of hydrogen-bond acceptors (Lipinski definition) is 2. The van der Waals surface area contributed by atoms with Crippen LogP contribution in [-0.4, -0.2) is 16.8 Å². The third-order valence-electron chi connectivity index (χ3n) is 3.36. The molecule has 0 radical (unpaired) electrons. The fraction of sp³-hybridized carbons (Fsp3) is 0.400. The minimum absolute atomic E-state index is 0.247. The topological polar surface area (TPSA) is 29.9 Å². The first-order valence-electron chi connectivity index (χ1n) is 6.58. The molecule has 3 nitrogen and oxygen atoms in total. The molecular formula is C15H20ClN3. The van der Waals surface area contributed by atoms with E-state index in [1.807, 2.05) is 37.0 Å². The first-order chi connectivity index (χ1) is 9.13. The smallest absolute Gasteiger partial charge is 0.0625 e. The van der Waals surface area contributed by atoms with E-state index in [1.54, 1.807) is 0 Å². The molecule has 1 heterocycles. The lowest BCUT2D eigenvalue weighted by Crippen LogP contribution is -2.21. The van der Waals surface area contributed by atoms with Gasteiger partial charge in [-0.15, -0.1) is 0 Å². The van der Waals surface area contributed by atoms with E-state index in [9.17, 15) is 0 Å². The molecule has 1 N–H and O–H groups in total. The molecular weight excluding hydrogens is 258 g/mol. The van der Waals surface area contributed by atoms with E-state index >= 15 is 0 Å². The van der Waals surface area contributed by atoms with E-state index in [0.717, 1.165) is 23.6 Å². The number of aryl methyl sites for hydroxylation is 2. The normalized spacial score (nSPS) is 12.6. The minimum Gasteiger partial charge on any atom is -0.311 e. The zero-order chi connectivity index (χ0) is 13.8. The van der Waals surface area contributed by atoms with Gasteiger partial charge in [0.05, 0.1) is 17.4 Å². The quantitative estimate of drug-likeness (QED) is 0.910. The first kappa shape index (κ1) is 14.1. The third-order valence-corrected chi connectivity index (χ3v) is 3.60. The van der Waals surface area contributed by atoms with Gasteiger partial charge in [0, 0.05) is 12.1 Å². The summed E-state index contributed by atoms with van der Waals surface area (Å²) in [6.45, 7) is 2.12. The van der Waals surface area contributed by atoms with Crippen molar-refractivity contribution < 1.29 is 0 Å². The molecule has 0 fully saturated rings. The number of rotatable bonds is 5. The molecule has 2 aromatic rings. The number of nitrogens with one attached hydrogen (secondary N) is 1. The Balaban J connectivity index is 2.22. The molecule has 0 amide bonds. The third kappa shape index (κ3) is 3.37. The van der Waals surface area contributed by atoms with Crippen molar-refractivity contribution >= 4 is 11.6 Å². The number of aromatic nitrogens is 2. The molecule has 1 aromatic carbocycles. The fourth-order valence-corrected chi connectivity index (χ4v) is 2.51. The molecule has 19 heavy (non-hydrogen) atoms. The molecule has 1 aromatic heterocycles. The van der Waals surface area contributed by atoms with Crippen molar-refractivity contribution in [1.29, 1.82) is 0 Å². The zero-order valence-electron chi connectivity index (χ0n) is 11.7. The number of benzene rings is 1. The maximum atomic E-state index is 6.04. The van der Waals surface area contributed by atoms with Crippen molar-refractivity contribution in [2.24, 2.45) is 7.05 Å². The summed E-state index contributed by atoms with van der Waals surface area (Å²) in [4.78, 5) is 0. The summed E-state index contributed by atoms with van der Waals surface area (Å²) in [6.07, 6.45) is 1.86. The van der Waals surface area contributed by atoms with Crippen LogP contribution < -0.4 is 5.32 Å². The summed E-state index contributed by atoms with van der Waals surface area (Å²) < 4.78 is 1.96. The molecule has 2 rings (SSSR count). The SMILES string of the molecule is CCc1cc(C(Cc2cccc(Cl)c2)NC)n(C)n1.